The van der Waals surface area contributed by atoms with E-state index in [0.717, 1.165) is 32.0 Å². The molecule has 0 spiro atoms. The number of anilines is 1. The molecule has 1 N–H and O–H groups in total. The number of hydrogen-bond acceptors (Lipinski definition) is 3. The SMILES string of the molecule is Cc1ccc(C(=O)Nc2ccc(-c3nc4ccccc4s3)cc2)cc1Cl. The molecule has 5 heteroatoms. The number of carbonyl (C=O) groups is 1. The molecule has 0 bridgehead atoms. The van der Waals surface area contributed by atoms with Crippen molar-refractivity contribution in [2.75, 3.05) is 5.32 Å². The number of fused-ring (bicyclic) bond motifs is 1. The fourth-order valence-electron chi connectivity index (χ4n) is 2.63. The highest BCUT2D eigenvalue weighted by Crippen LogP contribution is 2.30. The molecular weight excluding hydrogens is 364 g/mol. The lowest BCUT2D eigenvalue weighted by Gasteiger charge is -2.07. The second-order valence-corrected chi connectivity index (χ2v) is 7.42. The molecule has 1 amide bonds. The van der Waals surface area contributed by atoms with Gasteiger partial charge in [0.2, 0.25) is 0 Å². The van der Waals surface area contributed by atoms with Crippen molar-refractivity contribution in [3.63, 3.8) is 0 Å². The first-order valence-electron chi connectivity index (χ1n) is 8.14. The lowest BCUT2D eigenvalue weighted by molar-refractivity contribution is 0.102. The third kappa shape index (κ3) is 3.34. The second-order valence-electron chi connectivity index (χ2n) is 5.98. The van der Waals surface area contributed by atoms with Crippen LogP contribution in [-0.2, 0) is 0 Å². The van der Waals surface area contributed by atoms with Crippen LogP contribution in [0.15, 0.2) is 66.7 Å². The van der Waals surface area contributed by atoms with Crippen LogP contribution in [0.2, 0.25) is 5.02 Å². The third-order valence-electron chi connectivity index (χ3n) is 4.12. The Kier molecular flexibility index (Phi) is 4.45. The summed E-state index contributed by atoms with van der Waals surface area (Å²) in [5, 5.41) is 4.45. The van der Waals surface area contributed by atoms with Gasteiger partial charge < -0.3 is 5.32 Å². The summed E-state index contributed by atoms with van der Waals surface area (Å²) < 4.78 is 1.16. The van der Waals surface area contributed by atoms with Crippen molar-refractivity contribution in [2.45, 2.75) is 6.92 Å². The topological polar surface area (TPSA) is 42.0 Å². The van der Waals surface area contributed by atoms with Gasteiger partial charge in [0.1, 0.15) is 5.01 Å². The van der Waals surface area contributed by atoms with Gasteiger partial charge in [0, 0.05) is 21.8 Å². The standard InChI is InChI=1S/C21H15ClN2OS/c1-13-6-7-15(12-17(13)22)20(25)23-16-10-8-14(9-11-16)21-24-18-4-2-3-5-19(18)26-21/h2-12H,1H3,(H,23,25). The average Bonchev–Trinajstić information content (AvgIpc) is 3.08. The van der Waals surface area contributed by atoms with Crippen LogP contribution in [0.1, 0.15) is 15.9 Å². The number of benzene rings is 3. The number of amides is 1. The van der Waals surface area contributed by atoms with E-state index in [1.54, 1.807) is 23.5 Å². The summed E-state index contributed by atoms with van der Waals surface area (Å²) in [6.45, 7) is 1.91. The van der Waals surface area contributed by atoms with Crippen LogP contribution in [0.5, 0.6) is 0 Å². The number of nitrogens with one attached hydrogen (secondary N) is 1. The Bertz CT molecular complexity index is 1070. The van der Waals surface area contributed by atoms with Gasteiger partial charge in [-0.05, 0) is 61.0 Å². The Hall–Kier alpha value is -2.69. The van der Waals surface area contributed by atoms with Gasteiger partial charge in [-0.1, -0.05) is 29.8 Å². The fourth-order valence-corrected chi connectivity index (χ4v) is 3.78. The smallest absolute Gasteiger partial charge is 0.255 e. The fraction of sp³-hybridized carbons (Fsp3) is 0.0476. The number of rotatable bonds is 3. The van der Waals surface area contributed by atoms with Crippen molar-refractivity contribution in [3.05, 3.63) is 82.9 Å². The first-order chi connectivity index (χ1) is 12.6. The maximum Gasteiger partial charge on any atom is 0.255 e. The lowest BCUT2D eigenvalue weighted by Crippen LogP contribution is -2.11. The molecular formula is C21H15ClN2OS. The first-order valence-corrected chi connectivity index (χ1v) is 9.33. The van der Waals surface area contributed by atoms with E-state index in [1.807, 2.05) is 55.5 Å². The van der Waals surface area contributed by atoms with Crippen molar-refractivity contribution in [1.29, 1.82) is 0 Å². The zero-order valence-electron chi connectivity index (χ0n) is 14.0. The summed E-state index contributed by atoms with van der Waals surface area (Å²) in [7, 11) is 0. The van der Waals surface area contributed by atoms with Gasteiger partial charge in [-0.15, -0.1) is 11.3 Å². The monoisotopic (exact) mass is 378 g/mol. The molecule has 0 saturated heterocycles. The van der Waals surface area contributed by atoms with Crippen molar-refractivity contribution in [1.82, 2.24) is 4.98 Å². The second kappa shape index (κ2) is 6.90. The number of aromatic nitrogens is 1. The van der Waals surface area contributed by atoms with E-state index < -0.39 is 0 Å². The van der Waals surface area contributed by atoms with Crippen LogP contribution in [-0.4, -0.2) is 10.9 Å². The quantitative estimate of drug-likeness (QED) is 0.462. The minimum absolute atomic E-state index is 0.181. The number of para-hydroxylation sites is 1. The normalized spacial score (nSPS) is 10.8. The highest BCUT2D eigenvalue weighted by atomic mass is 35.5. The lowest BCUT2D eigenvalue weighted by atomic mass is 10.1. The molecule has 0 unspecified atom stereocenters. The van der Waals surface area contributed by atoms with E-state index >= 15 is 0 Å². The van der Waals surface area contributed by atoms with Crippen LogP contribution in [0.3, 0.4) is 0 Å². The van der Waals surface area contributed by atoms with E-state index in [-0.39, 0.29) is 5.91 Å². The number of carbonyl (C=O) groups excluding carboxylic acids is 1. The molecule has 0 saturated carbocycles. The van der Waals surface area contributed by atoms with Crippen molar-refractivity contribution >= 4 is 44.7 Å². The zero-order valence-corrected chi connectivity index (χ0v) is 15.6. The highest BCUT2D eigenvalue weighted by molar-refractivity contribution is 7.21. The summed E-state index contributed by atoms with van der Waals surface area (Å²) >= 11 is 7.75. The van der Waals surface area contributed by atoms with Crippen LogP contribution in [0.4, 0.5) is 5.69 Å². The summed E-state index contributed by atoms with van der Waals surface area (Å²) in [6, 6.07) is 21.1. The summed E-state index contributed by atoms with van der Waals surface area (Å²) in [5.41, 5.74) is 4.25. The average molecular weight is 379 g/mol. The minimum Gasteiger partial charge on any atom is -0.322 e. The van der Waals surface area contributed by atoms with Gasteiger partial charge in [0.05, 0.1) is 10.2 Å². The van der Waals surface area contributed by atoms with Crippen LogP contribution in [0.25, 0.3) is 20.8 Å². The predicted octanol–water partition coefficient (Wildman–Crippen LogP) is 6.18. The van der Waals surface area contributed by atoms with Gasteiger partial charge in [0.25, 0.3) is 5.91 Å². The minimum atomic E-state index is -0.181. The molecule has 3 aromatic carbocycles. The van der Waals surface area contributed by atoms with Gasteiger partial charge in [-0.2, -0.15) is 0 Å². The highest BCUT2D eigenvalue weighted by Gasteiger charge is 2.09. The van der Waals surface area contributed by atoms with Gasteiger partial charge >= 0.3 is 0 Å². The van der Waals surface area contributed by atoms with Crippen LogP contribution < -0.4 is 5.32 Å². The van der Waals surface area contributed by atoms with Crippen molar-refractivity contribution < 1.29 is 4.79 Å². The number of halogens is 1. The molecule has 0 radical (unpaired) electrons. The molecule has 0 aliphatic heterocycles. The summed E-state index contributed by atoms with van der Waals surface area (Å²) in [5.74, 6) is -0.181. The molecule has 1 aromatic heterocycles. The van der Waals surface area contributed by atoms with Crippen molar-refractivity contribution in [3.8, 4) is 10.6 Å². The van der Waals surface area contributed by atoms with Crippen LogP contribution >= 0.6 is 22.9 Å². The Balaban J connectivity index is 1.53. The van der Waals surface area contributed by atoms with E-state index in [2.05, 4.69) is 16.4 Å². The Morgan fingerprint density at radius 3 is 2.54 bits per heavy atom. The summed E-state index contributed by atoms with van der Waals surface area (Å²) in [4.78, 5) is 17.0. The molecule has 3 nitrogen and oxygen atoms in total. The van der Waals surface area contributed by atoms with E-state index in [4.69, 9.17) is 11.6 Å². The van der Waals surface area contributed by atoms with Gasteiger partial charge in [-0.25, -0.2) is 4.98 Å². The van der Waals surface area contributed by atoms with Gasteiger partial charge in [-0.3, -0.25) is 4.79 Å². The molecule has 26 heavy (non-hydrogen) atoms. The molecule has 0 atom stereocenters. The van der Waals surface area contributed by atoms with Crippen molar-refractivity contribution in [2.24, 2.45) is 0 Å². The largest absolute Gasteiger partial charge is 0.322 e. The molecule has 0 aliphatic carbocycles. The van der Waals surface area contributed by atoms with E-state index in [9.17, 15) is 4.79 Å². The van der Waals surface area contributed by atoms with E-state index in [0.29, 0.717) is 10.6 Å². The molecule has 4 rings (SSSR count). The molecule has 1 heterocycles. The Labute approximate surface area is 160 Å². The maximum absolute atomic E-state index is 12.4. The number of aryl methyl sites for hydroxylation is 1. The number of thiazole rings is 1. The predicted molar refractivity (Wildman–Crippen MR) is 109 cm³/mol. The Morgan fingerprint density at radius 2 is 1.81 bits per heavy atom. The third-order valence-corrected chi connectivity index (χ3v) is 5.61. The zero-order chi connectivity index (χ0) is 18.1. The molecule has 128 valence electrons. The van der Waals surface area contributed by atoms with Crippen LogP contribution in [0, 0.1) is 6.92 Å². The first kappa shape index (κ1) is 16.8. The molecule has 0 fully saturated rings. The molecule has 4 aromatic rings. The number of hydrogen-bond donors (Lipinski definition) is 1. The van der Waals surface area contributed by atoms with Gasteiger partial charge in [0.15, 0.2) is 0 Å². The number of nitrogens with zero attached hydrogens (tertiary/aromatic N) is 1. The summed E-state index contributed by atoms with van der Waals surface area (Å²) in [6.07, 6.45) is 0. The maximum atomic E-state index is 12.4. The molecule has 0 aliphatic rings. The Morgan fingerprint density at radius 1 is 1.04 bits per heavy atom. The van der Waals surface area contributed by atoms with E-state index in [1.165, 1.54) is 0 Å².